The quantitative estimate of drug-likeness (QED) is 0.526. The van der Waals surface area contributed by atoms with Gasteiger partial charge in [-0.15, -0.1) is 0 Å². The lowest BCUT2D eigenvalue weighted by atomic mass is 9.84. The number of halogens is 1. The highest BCUT2D eigenvalue weighted by atomic mass is 19.1. The normalized spacial score (nSPS) is 21.4. The van der Waals surface area contributed by atoms with Crippen LogP contribution >= 0.6 is 0 Å². The van der Waals surface area contributed by atoms with Crippen LogP contribution in [0.4, 0.5) is 10.1 Å². The van der Waals surface area contributed by atoms with Gasteiger partial charge in [0, 0.05) is 38.3 Å². The number of anilines is 1. The maximum atomic E-state index is 14.0. The van der Waals surface area contributed by atoms with Crippen LogP contribution in [0.2, 0.25) is 0 Å². The first-order chi connectivity index (χ1) is 18.4. The van der Waals surface area contributed by atoms with Gasteiger partial charge in [0.05, 0.1) is 19.3 Å². The zero-order valence-corrected chi connectivity index (χ0v) is 21.6. The first-order valence-corrected chi connectivity index (χ1v) is 13.4. The van der Waals surface area contributed by atoms with Crippen molar-refractivity contribution in [2.45, 2.75) is 43.9 Å². The number of amides is 2. The second kappa shape index (κ2) is 9.67. The summed E-state index contributed by atoms with van der Waals surface area (Å²) in [5.41, 5.74) is 2.79. The zero-order valence-electron chi connectivity index (χ0n) is 21.6. The Morgan fingerprint density at radius 1 is 1.11 bits per heavy atom. The lowest BCUT2D eigenvalue weighted by Crippen LogP contribution is -2.57. The summed E-state index contributed by atoms with van der Waals surface area (Å²) in [6, 6.07) is 19.6. The fourth-order valence-corrected chi connectivity index (χ4v) is 6.68. The topological polar surface area (TPSA) is 76.1 Å². The number of carbonyl (C=O) groups is 2. The molecule has 2 aliphatic heterocycles. The fraction of sp³-hybridized carbons (Fsp3) is 0.400. The number of aliphatic hydroxyl groups excluding tert-OH is 1. The van der Waals surface area contributed by atoms with Crippen molar-refractivity contribution in [3.05, 3.63) is 77.6 Å². The summed E-state index contributed by atoms with van der Waals surface area (Å²) >= 11 is 0. The van der Waals surface area contributed by atoms with E-state index in [1.54, 1.807) is 17.0 Å². The summed E-state index contributed by atoms with van der Waals surface area (Å²) < 4.78 is 13.7. The molecule has 8 heteroatoms. The summed E-state index contributed by atoms with van der Waals surface area (Å²) in [4.78, 5) is 31.5. The molecule has 38 heavy (non-hydrogen) atoms. The highest BCUT2D eigenvalue weighted by Crippen LogP contribution is 2.45. The average Bonchev–Trinajstić information content (AvgIpc) is 3.42. The van der Waals surface area contributed by atoms with Crippen molar-refractivity contribution in [2.75, 3.05) is 37.7 Å². The van der Waals surface area contributed by atoms with Crippen LogP contribution in [0.1, 0.15) is 36.9 Å². The molecule has 0 bridgehead atoms. The number of piperidine rings is 1. The van der Waals surface area contributed by atoms with Crippen LogP contribution in [0.25, 0.3) is 10.8 Å². The minimum absolute atomic E-state index is 0.0137. The summed E-state index contributed by atoms with van der Waals surface area (Å²) in [5, 5.41) is 15.8. The number of aliphatic hydroxyl groups is 1. The molecule has 0 radical (unpaired) electrons. The second-order valence-corrected chi connectivity index (χ2v) is 10.8. The number of nitrogens with one attached hydrogen (secondary N) is 1. The van der Waals surface area contributed by atoms with Gasteiger partial charge in [0.25, 0.3) is 0 Å². The van der Waals surface area contributed by atoms with Gasteiger partial charge < -0.3 is 20.2 Å². The van der Waals surface area contributed by atoms with E-state index in [-0.39, 0.29) is 30.7 Å². The largest absolute Gasteiger partial charge is 0.389 e. The van der Waals surface area contributed by atoms with Gasteiger partial charge in [0.15, 0.2) is 0 Å². The van der Waals surface area contributed by atoms with Crippen molar-refractivity contribution in [1.82, 2.24) is 15.1 Å². The minimum Gasteiger partial charge on any atom is -0.389 e. The zero-order chi connectivity index (χ0) is 26.4. The lowest BCUT2D eigenvalue weighted by molar-refractivity contribution is -0.135. The summed E-state index contributed by atoms with van der Waals surface area (Å²) in [6.07, 6.45) is 1.39. The molecule has 1 spiro atoms. The lowest BCUT2D eigenvalue weighted by Gasteiger charge is -2.45. The van der Waals surface area contributed by atoms with E-state index < -0.39 is 11.6 Å². The van der Waals surface area contributed by atoms with Crippen LogP contribution in [0.5, 0.6) is 0 Å². The number of carbonyl (C=O) groups excluding carboxylic acids is 2. The molecular weight excluding hydrogens is 483 g/mol. The predicted molar refractivity (Wildman–Crippen MR) is 144 cm³/mol. The molecule has 198 valence electrons. The maximum Gasteiger partial charge on any atom is 0.250 e. The van der Waals surface area contributed by atoms with E-state index in [2.05, 4.69) is 51.5 Å². The Kier molecular flexibility index (Phi) is 6.32. The monoisotopic (exact) mass is 516 g/mol. The second-order valence-electron chi connectivity index (χ2n) is 10.8. The van der Waals surface area contributed by atoms with Crippen LogP contribution in [-0.4, -0.2) is 71.2 Å². The number of hydrogen-bond acceptors (Lipinski definition) is 5. The molecule has 2 N–H and O–H groups in total. The van der Waals surface area contributed by atoms with Crippen molar-refractivity contribution in [1.29, 1.82) is 0 Å². The molecule has 6 rings (SSSR count). The molecule has 3 aromatic carbocycles. The van der Waals surface area contributed by atoms with Gasteiger partial charge in [0.2, 0.25) is 11.8 Å². The van der Waals surface area contributed by atoms with Gasteiger partial charge in [0.1, 0.15) is 11.4 Å². The molecular formula is C30H33FN4O3. The third kappa shape index (κ3) is 4.22. The van der Waals surface area contributed by atoms with Crippen molar-refractivity contribution in [3.8, 4) is 0 Å². The van der Waals surface area contributed by atoms with E-state index >= 15 is 0 Å². The third-order valence-corrected chi connectivity index (χ3v) is 8.53. The molecule has 0 aromatic heterocycles. The molecule has 2 fully saturated rings. The first-order valence-electron chi connectivity index (χ1n) is 13.4. The van der Waals surface area contributed by atoms with Gasteiger partial charge in [-0.2, -0.15) is 0 Å². The minimum atomic E-state index is -0.870. The van der Waals surface area contributed by atoms with Crippen LogP contribution in [0.3, 0.4) is 0 Å². The molecule has 0 saturated carbocycles. The highest BCUT2D eigenvalue weighted by molar-refractivity contribution is 5.94. The molecule has 2 heterocycles. The highest BCUT2D eigenvalue weighted by Gasteiger charge is 2.54. The van der Waals surface area contributed by atoms with Gasteiger partial charge in [-0.05, 0) is 65.4 Å². The van der Waals surface area contributed by atoms with Crippen molar-refractivity contribution in [3.63, 3.8) is 0 Å². The van der Waals surface area contributed by atoms with E-state index in [1.165, 1.54) is 41.0 Å². The summed E-state index contributed by atoms with van der Waals surface area (Å²) in [6.45, 7) is 3.46. The van der Waals surface area contributed by atoms with E-state index in [9.17, 15) is 19.1 Å². The molecule has 7 nitrogen and oxygen atoms in total. The van der Waals surface area contributed by atoms with Crippen molar-refractivity contribution in [2.24, 2.45) is 0 Å². The van der Waals surface area contributed by atoms with Gasteiger partial charge in [-0.3, -0.25) is 14.5 Å². The molecule has 2 saturated heterocycles. The Bertz CT molecular complexity index is 1360. The van der Waals surface area contributed by atoms with Crippen LogP contribution in [-0.2, 0) is 16.0 Å². The smallest absolute Gasteiger partial charge is 0.250 e. The molecule has 2 amide bonds. The number of likely N-dealkylation sites (tertiary alicyclic amines) is 1. The van der Waals surface area contributed by atoms with Gasteiger partial charge in [-0.25, -0.2) is 4.39 Å². The molecule has 2 atom stereocenters. The maximum absolute atomic E-state index is 14.0. The van der Waals surface area contributed by atoms with Gasteiger partial charge in [-0.1, -0.05) is 36.4 Å². The molecule has 3 aromatic rings. The van der Waals surface area contributed by atoms with Crippen molar-refractivity contribution >= 4 is 28.3 Å². The Morgan fingerprint density at radius 2 is 1.82 bits per heavy atom. The van der Waals surface area contributed by atoms with E-state index in [0.717, 1.165) is 25.2 Å². The summed E-state index contributed by atoms with van der Waals surface area (Å²) in [7, 11) is 0. The first kappa shape index (κ1) is 24.8. The number of benzene rings is 3. The van der Waals surface area contributed by atoms with Crippen LogP contribution < -0.4 is 10.2 Å². The number of β-amino-alcohol motifs (C(OH)–C–C–N with tert-alkyl or cyclic N) is 1. The Balaban J connectivity index is 1.24. The SMILES string of the molecule is CC(=O)NC[C@@H](O)CN1CN(c2ccc(F)cc2)C2(CCN([C@@H]3Cc4cccc5cccc3c45)CC2)C1=O. The fourth-order valence-electron chi connectivity index (χ4n) is 6.68. The van der Waals surface area contributed by atoms with Crippen molar-refractivity contribution < 1.29 is 19.1 Å². The average molecular weight is 517 g/mol. The van der Waals surface area contributed by atoms with E-state index in [0.29, 0.717) is 25.6 Å². The molecule has 1 aliphatic carbocycles. The van der Waals surface area contributed by atoms with Crippen LogP contribution in [0.15, 0.2) is 60.7 Å². The third-order valence-electron chi connectivity index (χ3n) is 8.53. The number of hydrogen-bond donors (Lipinski definition) is 2. The number of nitrogens with zero attached hydrogens (tertiary/aromatic N) is 3. The van der Waals surface area contributed by atoms with Gasteiger partial charge >= 0.3 is 0 Å². The molecule has 3 aliphatic rings. The Morgan fingerprint density at radius 3 is 2.53 bits per heavy atom. The predicted octanol–water partition coefficient (Wildman–Crippen LogP) is 3.21. The summed E-state index contributed by atoms with van der Waals surface area (Å²) in [5.74, 6) is -0.556. The number of rotatable bonds is 6. The molecule has 0 unspecified atom stereocenters. The van der Waals surface area contributed by atoms with E-state index in [1.807, 2.05) is 0 Å². The Hall–Kier alpha value is -3.49. The van der Waals surface area contributed by atoms with E-state index in [4.69, 9.17) is 0 Å². The standard InChI is InChI=1S/C30H33FN4O3/c1-20(36)32-17-25(37)18-34-19-35(24-10-8-23(31)9-11-24)30(29(34)38)12-14-33(15-13-30)27-16-22-6-2-4-21-5-3-7-26(27)28(21)22/h2-11,25,27,37H,12-19H2,1H3,(H,32,36)/t25-,27-/m1/s1. The Labute approximate surface area is 221 Å². The van der Waals surface area contributed by atoms with Crippen LogP contribution in [0, 0.1) is 5.82 Å².